The molecule has 0 spiro atoms. The van der Waals surface area contributed by atoms with Crippen LogP contribution in [0.15, 0.2) is 60.7 Å². The molecule has 0 bridgehead atoms. The predicted molar refractivity (Wildman–Crippen MR) is 77.6 cm³/mol. The van der Waals surface area contributed by atoms with Crippen molar-refractivity contribution in [1.82, 2.24) is 0 Å². The molecule has 20 heavy (non-hydrogen) atoms. The summed E-state index contributed by atoms with van der Waals surface area (Å²) in [6.07, 6.45) is 0.806. The first-order valence-electron chi connectivity index (χ1n) is 6.72. The first-order chi connectivity index (χ1) is 9.84. The van der Waals surface area contributed by atoms with Crippen molar-refractivity contribution in [2.45, 2.75) is 12.8 Å². The fourth-order valence-electron chi connectivity index (χ4n) is 1.84. The Bertz CT molecular complexity index is 461. The molecular weight excluding hydrogens is 252 g/mol. The quantitative estimate of drug-likeness (QED) is 0.752. The molecule has 3 nitrogen and oxygen atoms in total. The van der Waals surface area contributed by atoms with Crippen molar-refractivity contribution in [2.75, 3.05) is 13.2 Å². The van der Waals surface area contributed by atoms with Gasteiger partial charge in [0.05, 0.1) is 13.2 Å². The van der Waals surface area contributed by atoms with Gasteiger partial charge in [-0.25, -0.2) is 4.79 Å². The van der Waals surface area contributed by atoms with Gasteiger partial charge in [0.25, 0.3) is 0 Å². The van der Waals surface area contributed by atoms with Crippen molar-refractivity contribution in [3.8, 4) is 0 Å². The molecule has 0 saturated heterocycles. The van der Waals surface area contributed by atoms with Crippen molar-refractivity contribution >= 4 is 6.16 Å². The molecule has 0 aliphatic rings. The van der Waals surface area contributed by atoms with Crippen molar-refractivity contribution < 1.29 is 14.3 Å². The summed E-state index contributed by atoms with van der Waals surface area (Å²) in [5, 5.41) is 0. The number of benzene rings is 2. The van der Waals surface area contributed by atoms with Gasteiger partial charge < -0.3 is 9.47 Å². The van der Waals surface area contributed by atoms with Crippen molar-refractivity contribution in [1.29, 1.82) is 0 Å². The van der Waals surface area contributed by atoms with Crippen LogP contribution in [0.4, 0.5) is 4.79 Å². The lowest BCUT2D eigenvalue weighted by atomic mass is 10.2. The minimum absolute atomic E-state index is 0.341. The van der Waals surface area contributed by atoms with Crippen molar-refractivity contribution in [3.05, 3.63) is 71.8 Å². The molecule has 0 amide bonds. The van der Waals surface area contributed by atoms with Crippen LogP contribution in [-0.2, 0) is 22.3 Å². The molecular formula is C17H18O3. The molecule has 104 valence electrons. The minimum Gasteiger partial charge on any atom is -0.434 e. The molecule has 0 aliphatic heterocycles. The van der Waals surface area contributed by atoms with Gasteiger partial charge in [0.2, 0.25) is 0 Å². The Morgan fingerprint density at radius 3 is 1.50 bits per heavy atom. The molecule has 0 aliphatic carbocycles. The van der Waals surface area contributed by atoms with E-state index in [0.717, 1.165) is 11.1 Å². The molecule has 3 heteroatoms. The number of carbonyl (C=O) groups is 1. The van der Waals surface area contributed by atoms with Crippen LogP contribution in [-0.4, -0.2) is 19.4 Å². The molecule has 0 fully saturated rings. The predicted octanol–water partition coefficient (Wildman–Crippen LogP) is 3.63. The van der Waals surface area contributed by atoms with Crippen LogP contribution in [0.25, 0.3) is 0 Å². The van der Waals surface area contributed by atoms with Gasteiger partial charge in [-0.05, 0) is 11.1 Å². The number of hydrogen-bond donors (Lipinski definition) is 0. The highest BCUT2D eigenvalue weighted by Crippen LogP contribution is 2.02. The van der Waals surface area contributed by atoms with E-state index in [1.54, 1.807) is 0 Å². The Morgan fingerprint density at radius 1 is 0.700 bits per heavy atom. The lowest BCUT2D eigenvalue weighted by Crippen LogP contribution is -2.11. The second kappa shape index (κ2) is 8.00. The average molecular weight is 270 g/mol. The van der Waals surface area contributed by atoms with Crippen LogP contribution in [0.2, 0.25) is 0 Å². The smallest absolute Gasteiger partial charge is 0.434 e. The highest BCUT2D eigenvalue weighted by Gasteiger charge is 2.03. The fourth-order valence-corrected chi connectivity index (χ4v) is 1.84. The van der Waals surface area contributed by atoms with Gasteiger partial charge >= 0.3 is 6.16 Å². The number of hydrogen-bond acceptors (Lipinski definition) is 3. The van der Waals surface area contributed by atoms with E-state index in [1.165, 1.54) is 0 Å². The largest absolute Gasteiger partial charge is 0.508 e. The molecule has 0 heterocycles. The van der Waals surface area contributed by atoms with Gasteiger partial charge in [0, 0.05) is 12.8 Å². The van der Waals surface area contributed by atoms with E-state index in [1.807, 2.05) is 60.7 Å². The number of ether oxygens (including phenoxy) is 2. The van der Waals surface area contributed by atoms with Gasteiger partial charge in [0.1, 0.15) is 0 Å². The maximum atomic E-state index is 11.4. The SMILES string of the molecule is O=C(OCCc1ccccc1)OCCc1ccccc1. The lowest BCUT2D eigenvalue weighted by molar-refractivity contribution is 0.0569. The van der Waals surface area contributed by atoms with Crippen LogP contribution < -0.4 is 0 Å². The van der Waals surface area contributed by atoms with E-state index in [4.69, 9.17) is 9.47 Å². The van der Waals surface area contributed by atoms with E-state index in [0.29, 0.717) is 26.1 Å². The Labute approximate surface area is 119 Å². The molecule has 0 radical (unpaired) electrons. The summed E-state index contributed by atoms with van der Waals surface area (Å²) >= 11 is 0. The van der Waals surface area contributed by atoms with Crippen LogP contribution in [0, 0.1) is 0 Å². The molecule has 2 aromatic rings. The van der Waals surface area contributed by atoms with Gasteiger partial charge in [-0.2, -0.15) is 0 Å². The monoisotopic (exact) mass is 270 g/mol. The first kappa shape index (κ1) is 14.1. The summed E-state index contributed by atoms with van der Waals surface area (Å²) in [5.41, 5.74) is 2.29. The maximum Gasteiger partial charge on any atom is 0.508 e. The molecule has 2 aromatic carbocycles. The van der Waals surface area contributed by atoms with E-state index < -0.39 is 6.16 Å². The Hall–Kier alpha value is -2.29. The summed E-state index contributed by atoms with van der Waals surface area (Å²) in [4.78, 5) is 11.4. The third-order valence-electron chi connectivity index (χ3n) is 2.91. The van der Waals surface area contributed by atoms with E-state index in [9.17, 15) is 4.79 Å². The summed E-state index contributed by atoms with van der Waals surface area (Å²) in [6, 6.07) is 19.8. The van der Waals surface area contributed by atoms with E-state index in [2.05, 4.69) is 0 Å². The second-order valence-corrected chi connectivity index (χ2v) is 4.42. The number of rotatable bonds is 6. The van der Waals surface area contributed by atoms with Gasteiger partial charge in [0.15, 0.2) is 0 Å². The van der Waals surface area contributed by atoms with Gasteiger partial charge in [-0.1, -0.05) is 60.7 Å². The van der Waals surface area contributed by atoms with Gasteiger partial charge in [-0.15, -0.1) is 0 Å². The lowest BCUT2D eigenvalue weighted by Gasteiger charge is -2.06. The zero-order valence-electron chi connectivity index (χ0n) is 11.3. The molecule has 0 aromatic heterocycles. The Kier molecular flexibility index (Phi) is 5.65. The molecule has 0 atom stereocenters. The second-order valence-electron chi connectivity index (χ2n) is 4.42. The van der Waals surface area contributed by atoms with Crippen LogP contribution in [0.5, 0.6) is 0 Å². The summed E-state index contributed by atoms with van der Waals surface area (Å²) < 4.78 is 10.0. The van der Waals surface area contributed by atoms with E-state index in [-0.39, 0.29) is 0 Å². The molecule has 0 saturated carbocycles. The standard InChI is InChI=1S/C17H18O3/c18-17(19-13-11-15-7-3-1-4-8-15)20-14-12-16-9-5-2-6-10-16/h1-10H,11-14H2. The third kappa shape index (κ3) is 5.14. The zero-order chi connectivity index (χ0) is 14.0. The van der Waals surface area contributed by atoms with Crippen LogP contribution >= 0.6 is 0 Å². The highest BCUT2D eigenvalue weighted by molar-refractivity contribution is 5.59. The third-order valence-corrected chi connectivity index (χ3v) is 2.91. The highest BCUT2D eigenvalue weighted by atomic mass is 16.7. The van der Waals surface area contributed by atoms with Gasteiger partial charge in [-0.3, -0.25) is 0 Å². The minimum atomic E-state index is -0.600. The molecule has 0 N–H and O–H groups in total. The average Bonchev–Trinajstić information content (AvgIpc) is 2.49. The zero-order valence-corrected chi connectivity index (χ0v) is 11.3. The normalized spacial score (nSPS) is 10.0. The van der Waals surface area contributed by atoms with Crippen molar-refractivity contribution in [2.24, 2.45) is 0 Å². The van der Waals surface area contributed by atoms with Crippen molar-refractivity contribution in [3.63, 3.8) is 0 Å². The van der Waals surface area contributed by atoms with Crippen LogP contribution in [0.1, 0.15) is 11.1 Å². The topological polar surface area (TPSA) is 35.5 Å². The van der Waals surface area contributed by atoms with Crippen LogP contribution in [0.3, 0.4) is 0 Å². The Morgan fingerprint density at radius 2 is 1.10 bits per heavy atom. The summed E-state index contributed by atoms with van der Waals surface area (Å²) in [7, 11) is 0. The summed E-state index contributed by atoms with van der Waals surface area (Å²) in [6.45, 7) is 0.683. The summed E-state index contributed by atoms with van der Waals surface area (Å²) in [5.74, 6) is 0. The van der Waals surface area contributed by atoms with E-state index >= 15 is 0 Å². The fraction of sp³-hybridized carbons (Fsp3) is 0.235. The Balaban J connectivity index is 1.59. The number of carbonyl (C=O) groups excluding carboxylic acids is 1. The maximum absolute atomic E-state index is 11.4. The molecule has 0 unspecified atom stereocenters. The first-order valence-corrected chi connectivity index (χ1v) is 6.72. The molecule has 2 rings (SSSR count).